The molecule has 0 saturated carbocycles. The zero-order valence-corrected chi connectivity index (χ0v) is 13.9. The predicted molar refractivity (Wildman–Crippen MR) is 87.8 cm³/mol. The van der Waals surface area contributed by atoms with Gasteiger partial charge in [0.25, 0.3) is 0 Å². The van der Waals surface area contributed by atoms with Crippen LogP contribution in [0.3, 0.4) is 0 Å². The lowest BCUT2D eigenvalue weighted by Gasteiger charge is -2.09. The quantitative estimate of drug-likeness (QED) is 0.810. The van der Waals surface area contributed by atoms with E-state index in [0.29, 0.717) is 0 Å². The Hall–Kier alpha value is -1.04. The van der Waals surface area contributed by atoms with Gasteiger partial charge < -0.3 is 9.47 Å². The van der Waals surface area contributed by atoms with E-state index in [1.165, 1.54) is 19.5 Å². The van der Waals surface area contributed by atoms with E-state index in [-0.39, 0.29) is 0 Å². The lowest BCUT2D eigenvalue weighted by Crippen LogP contribution is -2.15. The standard InChI is InChI=1S/C15H19ClN4S/c1-19-8-7-11(9-19)10-21-15-18-17-14(20(15)2)12-3-5-13(16)6-4-12/h3-6,11H,7-10H2,1-2H3/t11-/m0/s1. The summed E-state index contributed by atoms with van der Waals surface area (Å²) in [5, 5.41) is 10.4. The zero-order valence-electron chi connectivity index (χ0n) is 12.3. The smallest absolute Gasteiger partial charge is 0.191 e. The molecule has 21 heavy (non-hydrogen) atoms. The van der Waals surface area contributed by atoms with Crippen LogP contribution in [0.1, 0.15) is 6.42 Å². The van der Waals surface area contributed by atoms with Gasteiger partial charge in [-0.1, -0.05) is 23.4 Å². The Bertz CT molecular complexity index is 611. The molecule has 1 aliphatic rings. The second-order valence-electron chi connectivity index (χ2n) is 5.60. The highest BCUT2D eigenvalue weighted by molar-refractivity contribution is 7.99. The Morgan fingerprint density at radius 2 is 2.00 bits per heavy atom. The first kappa shape index (κ1) is 14.9. The molecule has 1 atom stereocenters. The van der Waals surface area contributed by atoms with Gasteiger partial charge >= 0.3 is 0 Å². The SMILES string of the molecule is CN1CC[C@H](CSc2nnc(-c3ccc(Cl)cc3)n2C)C1. The molecule has 0 radical (unpaired) electrons. The summed E-state index contributed by atoms with van der Waals surface area (Å²) >= 11 is 7.73. The molecule has 0 unspecified atom stereocenters. The van der Waals surface area contributed by atoms with Crippen molar-refractivity contribution in [3.63, 3.8) is 0 Å². The normalized spacial score (nSPS) is 19.3. The van der Waals surface area contributed by atoms with Gasteiger partial charge in [0, 0.05) is 29.9 Å². The Kier molecular flexibility index (Phi) is 4.52. The third kappa shape index (κ3) is 3.42. The summed E-state index contributed by atoms with van der Waals surface area (Å²) in [6.45, 7) is 2.40. The van der Waals surface area contributed by atoms with Gasteiger partial charge in [0.2, 0.25) is 0 Å². The predicted octanol–water partition coefficient (Wildman–Crippen LogP) is 3.18. The highest BCUT2D eigenvalue weighted by Gasteiger charge is 2.20. The summed E-state index contributed by atoms with van der Waals surface area (Å²) in [5.41, 5.74) is 1.04. The molecule has 1 aromatic heterocycles. The monoisotopic (exact) mass is 322 g/mol. The number of hydrogen-bond donors (Lipinski definition) is 0. The second-order valence-corrected chi connectivity index (χ2v) is 7.02. The molecule has 1 aliphatic heterocycles. The summed E-state index contributed by atoms with van der Waals surface area (Å²) < 4.78 is 2.06. The summed E-state index contributed by atoms with van der Waals surface area (Å²) in [7, 11) is 4.21. The van der Waals surface area contributed by atoms with Gasteiger partial charge in [0.05, 0.1) is 0 Å². The Balaban J connectivity index is 1.69. The number of thioether (sulfide) groups is 1. The average Bonchev–Trinajstić information content (AvgIpc) is 3.04. The first-order valence-electron chi connectivity index (χ1n) is 7.10. The molecule has 1 saturated heterocycles. The molecular weight excluding hydrogens is 304 g/mol. The maximum Gasteiger partial charge on any atom is 0.191 e. The van der Waals surface area contributed by atoms with Gasteiger partial charge in [-0.05, 0) is 50.2 Å². The van der Waals surface area contributed by atoms with Crippen molar-refractivity contribution < 1.29 is 0 Å². The number of likely N-dealkylation sites (tertiary alicyclic amines) is 1. The van der Waals surface area contributed by atoms with Gasteiger partial charge in [-0.25, -0.2) is 0 Å². The van der Waals surface area contributed by atoms with Crippen molar-refractivity contribution in [2.45, 2.75) is 11.6 Å². The van der Waals surface area contributed by atoms with Crippen molar-refractivity contribution in [3.8, 4) is 11.4 Å². The molecule has 0 bridgehead atoms. The number of rotatable bonds is 4. The van der Waals surface area contributed by atoms with Crippen molar-refractivity contribution in [3.05, 3.63) is 29.3 Å². The van der Waals surface area contributed by atoms with Crippen molar-refractivity contribution in [1.82, 2.24) is 19.7 Å². The number of aromatic nitrogens is 3. The topological polar surface area (TPSA) is 34.0 Å². The molecule has 2 aromatic rings. The number of benzene rings is 1. The van der Waals surface area contributed by atoms with Gasteiger partial charge in [0.15, 0.2) is 11.0 Å². The molecule has 2 heterocycles. The van der Waals surface area contributed by atoms with E-state index in [2.05, 4.69) is 26.7 Å². The van der Waals surface area contributed by atoms with E-state index in [4.69, 9.17) is 11.6 Å². The largest absolute Gasteiger partial charge is 0.306 e. The van der Waals surface area contributed by atoms with Crippen LogP contribution in [-0.2, 0) is 7.05 Å². The van der Waals surface area contributed by atoms with Crippen LogP contribution in [0.5, 0.6) is 0 Å². The molecule has 112 valence electrons. The fourth-order valence-electron chi connectivity index (χ4n) is 2.65. The van der Waals surface area contributed by atoms with Crippen LogP contribution in [0, 0.1) is 5.92 Å². The van der Waals surface area contributed by atoms with Crippen molar-refractivity contribution in [2.75, 3.05) is 25.9 Å². The van der Waals surface area contributed by atoms with Crippen LogP contribution in [0.15, 0.2) is 29.4 Å². The van der Waals surface area contributed by atoms with Crippen molar-refractivity contribution in [1.29, 1.82) is 0 Å². The van der Waals surface area contributed by atoms with Crippen LogP contribution >= 0.6 is 23.4 Å². The fourth-order valence-corrected chi connectivity index (χ4v) is 3.81. The molecule has 4 nitrogen and oxygen atoms in total. The summed E-state index contributed by atoms with van der Waals surface area (Å²) in [4.78, 5) is 2.39. The molecule has 0 spiro atoms. The number of hydrogen-bond acceptors (Lipinski definition) is 4. The third-order valence-electron chi connectivity index (χ3n) is 3.87. The van der Waals surface area contributed by atoms with Gasteiger partial charge in [-0.2, -0.15) is 0 Å². The van der Waals surface area contributed by atoms with Gasteiger partial charge in [-0.15, -0.1) is 10.2 Å². The molecule has 0 amide bonds. The van der Waals surface area contributed by atoms with Crippen molar-refractivity contribution >= 4 is 23.4 Å². The Morgan fingerprint density at radius 1 is 1.24 bits per heavy atom. The van der Waals surface area contributed by atoms with E-state index >= 15 is 0 Å². The maximum absolute atomic E-state index is 5.93. The summed E-state index contributed by atoms with van der Waals surface area (Å²) in [6.07, 6.45) is 1.28. The zero-order chi connectivity index (χ0) is 14.8. The van der Waals surface area contributed by atoms with E-state index in [0.717, 1.165) is 33.2 Å². The van der Waals surface area contributed by atoms with Crippen LogP contribution in [0.2, 0.25) is 5.02 Å². The average molecular weight is 323 g/mol. The van der Waals surface area contributed by atoms with Crippen LogP contribution < -0.4 is 0 Å². The third-order valence-corrected chi connectivity index (χ3v) is 5.38. The fraction of sp³-hybridized carbons (Fsp3) is 0.467. The highest BCUT2D eigenvalue weighted by Crippen LogP contribution is 2.27. The number of nitrogens with zero attached hydrogens (tertiary/aromatic N) is 4. The molecule has 1 fully saturated rings. The summed E-state index contributed by atoms with van der Waals surface area (Å²) in [5.74, 6) is 2.75. The molecule has 3 rings (SSSR count). The Labute approximate surface area is 134 Å². The summed E-state index contributed by atoms with van der Waals surface area (Å²) in [6, 6.07) is 7.72. The van der Waals surface area contributed by atoms with Crippen LogP contribution in [0.25, 0.3) is 11.4 Å². The van der Waals surface area contributed by atoms with E-state index in [1.54, 1.807) is 11.8 Å². The first-order chi connectivity index (χ1) is 10.1. The lowest BCUT2D eigenvalue weighted by molar-refractivity contribution is 0.403. The molecule has 1 aromatic carbocycles. The highest BCUT2D eigenvalue weighted by atomic mass is 35.5. The molecule has 0 aliphatic carbocycles. The van der Waals surface area contributed by atoms with E-state index < -0.39 is 0 Å². The minimum Gasteiger partial charge on any atom is -0.306 e. The van der Waals surface area contributed by atoms with E-state index in [9.17, 15) is 0 Å². The molecular formula is C15H19ClN4S. The van der Waals surface area contributed by atoms with Crippen molar-refractivity contribution in [2.24, 2.45) is 13.0 Å². The first-order valence-corrected chi connectivity index (χ1v) is 8.46. The van der Waals surface area contributed by atoms with Gasteiger partial charge in [-0.3, -0.25) is 0 Å². The van der Waals surface area contributed by atoms with Gasteiger partial charge in [0.1, 0.15) is 0 Å². The number of halogens is 1. The second kappa shape index (κ2) is 6.38. The minimum absolute atomic E-state index is 0.737. The lowest BCUT2D eigenvalue weighted by atomic mass is 10.2. The van der Waals surface area contributed by atoms with E-state index in [1.807, 2.05) is 31.3 Å². The van der Waals surface area contributed by atoms with Crippen LogP contribution in [-0.4, -0.2) is 45.6 Å². The Morgan fingerprint density at radius 3 is 2.67 bits per heavy atom. The molecule has 6 heteroatoms. The molecule has 0 N–H and O–H groups in total. The van der Waals surface area contributed by atoms with Crippen LogP contribution in [0.4, 0.5) is 0 Å². The minimum atomic E-state index is 0.737. The maximum atomic E-state index is 5.93.